The molecule has 0 bridgehead atoms. The van der Waals surface area contributed by atoms with Crippen LogP contribution < -0.4 is 11.1 Å². The molecule has 106 valence electrons. The van der Waals surface area contributed by atoms with Crippen LogP contribution in [0, 0.1) is 11.8 Å². The molecule has 1 aliphatic rings. The van der Waals surface area contributed by atoms with Crippen molar-refractivity contribution in [1.82, 2.24) is 9.97 Å². The molecule has 2 atom stereocenters. The largest absolute Gasteiger partial charge is 0.384 e. The van der Waals surface area contributed by atoms with Crippen LogP contribution in [0.4, 0.5) is 11.6 Å². The summed E-state index contributed by atoms with van der Waals surface area (Å²) in [5.74, 6) is 3.55. The fourth-order valence-electron chi connectivity index (χ4n) is 2.63. The Bertz CT molecular complexity index is 410. The van der Waals surface area contributed by atoms with Crippen LogP contribution in [0.5, 0.6) is 0 Å². The number of aromatic nitrogens is 2. The maximum absolute atomic E-state index is 5.79. The van der Waals surface area contributed by atoms with E-state index in [0.29, 0.717) is 24.9 Å². The molecular formula is C14H24N4O. The van der Waals surface area contributed by atoms with E-state index < -0.39 is 0 Å². The van der Waals surface area contributed by atoms with Crippen LogP contribution in [0.3, 0.4) is 0 Å². The molecule has 0 radical (unpaired) electrons. The van der Waals surface area contributed by atoms with E-state index in [1.165, 1.54) is 19.3 Å². The molecule has 0 amide bonds. The minimum Gasteiger partial charge on any atom is -0.384 e. The molecular weight excluding hydrogens is 240 g/mol. The Hall–Kier alpha value is -1.36. The van der Waals surface area contributed by atoms with E-state index in [4.69, 9.17) is 10.5 Å². The maximum Gasteiger partial charge on any atom is 0.158 e. The predicted molar refractivity (Wildman–Crippen MR) is 76.8 cm³/mol. The lowest BCUT2D eigenvalue weighted by Gasteiger charge is -2.12. The van der Waals surface area contributed by atoms with E-state index in [0.717, 1.165) is 24.2 Å². The van der Waals surface area contributed by atoms with E-state index in [1.807, 2.05) is 6.92 Å². The molecule has 1 aromatic heterocycles. The average Bonchev–Trinajstić information content (AvgIpc) is 2.79. The number of anilines is 2. The Kier molecular flexibility index (Phi) is 4.96. The molecule has 1 heterocycles. The molecule has 2 rings (SSSR count). The highest BCUT2D eigenvalue weighted by Gasteiger charge is 2.21. The van der Waals surface area contributed by atoms with Crippen LogP contribution in [0.25, 0.3) is 0 Å². The molecule has 5 heteroatoms. The first-order chi connectivity index (χ1) is 9.17. The van der Waals surface area contributed by atoms with E-state index >= 15 is 0 Å². The predicted octanol–water partition coefficient (Wildman–Crippen LogP) is 2.44. The van der Waals surface area contributed by atoms with Crippen molar-refractivity contribution in [3.8, 4) is 0 Å². The quantitative estimate of drug-likeness (QED) is 0.825. The maximum atomic E-state index is 5.79. The zero-order valence-electron chi connectivity index (χ0n) is 11.9. The van der Waals surface area contributed by atoms with Gasteiger partial charge >= 0.3 is 0 Å². The van der Waals surface area contributed by atoms with Gasteiger partial charge in [0, 0.05) is 19.2 Å². The third kappa shape index (κ3) is 4.35. The smallest absolute Gasteiger partial charge is 0.158 e. The van der Waals surface area contributed by atoms with Crippen LogP contribution in [-0.2, 0) is 11.3 Å². The molecule has 0 saturated heterocycles. The van der Waals surface area contributed by atoms with Crippen LogP contribution >= 0.6 is 0 Å². The Labute approximate surface area is 115 Å². The zero-order valence-corrected chi connectivity index (χ0v) is 11.9. The monoisotopic (exact) mass is 264 g/mol. The van der Waals surface area contributed by atoms with Gasteiger partial charge in [-0.15, -0.1) is 0 Å². The average molecular weight is 264 g/mol. The lowest BCUT2D eigenvalue weighted by atomic mass is 10.1. The summed E-state index contributed by atoms with van der Waals surface area (Å²) in [5.41, 5.74) is 5.79. The number of hydrogen-bond donors (Lipinski definition) is 2. The lowest BCUT2D eigenvalue weighted by molar-refractivity contribution is 0.128. The summed E-state index contributed by atoms with van der Waals surface area (Å²) in [6.45, 7) is 6.31. The summed E-state index contributed by atoms with van der Waals surface area (Å²) in [5, 5.41) is 3.38. The molecule has 1 saturated carbocycles. The first-order valence-electron chi connectivity index (χ1n) is 7.12. The van der Waals surface area contributed by atoms with Gasteiger partial charge in [0.05, 0.1) is 0 Å². The fourth-order valence-corrected chi connectivity index (χ4v) is 2.63. The van der Waals surface area contributed by atoms with E-state index in [9.17, 15) is 0 Å². The number of hydrogen-bond acceptors (Lipinski definition) is 5. The molecule has 1 aromatic rings. The van der Waals surface area contributed by atoms with Crippen molar-refractivity contribution >= 4 is 11.6 Å². The highest BCUT2D eigenvalue weighted by molar-refractivity contribution is 5.44. The minimum absolute atomic E-state index is 0.413. The van der Waals surface area contributed by atoms with Crippen molar-refractivity contribution in [1.29, 1.82) is 0 Å². The zero-order chi connectivity index (χ0) is 13.7. The second-order valence-corrected chi connectivity index (χ2v) is 5.40. The summed E-state index contributed by atoms with van der Waals surface area (Å²) in [4.78, 5) is 8.59. The number of nitrogens with two attached hydrogens (primary N) is 1. The number of nitrogens with zero attached hydrogens (tertiary/aromatic N) is 2. The third-order valence-corrected chi connectivity index (χ3v) is 3.60. The Morgan fingerprint density at radius 1 is 1.42 bits per heavy atom. The second-order valence-electron chi connectivity index (χ2n) is 5.40. The summed E-state index contributed by atoms with van der Waals surface area (Å²) < 4.78 is 5.31. The number of ether oxygens (including phenoxy) is 1. The van der Waals surface area contributed by atoms with Crippen molar-refractivity contribution in [3.05, 3.63) is 11.9 Å². The molecule has 1 fully saturated rings. The Morgan fingerprint density at radius 2 is 2.26 bits per heavy atom. The van der Waals surface area contributed by atoms with Gasteiger partial charge in [-0.3, -0.25) is 0 Å². The van der Waals surface area contributed by atoms with Crippen LogP contribution in [-0.4, -0.2) is 23.1 Å². The van der Waals surface area contributed by atoms with Gasteiger partial charge in [-0.05, 0) is 31.6 Å². The number of rotatable bonds is 6. The van der Waals surface area contributed by atoms with Crippen LogP contribution in [0.15, 0.2) is 6.07 Å². The standard InChI is InChI=1S/C14H24N4O/c1-3-19-9-14-17-12(15)7-13(18-14)16-8-11-5-4-10(2)6-11/h7,10-11H,3-6,8-9H2,1-2H3,(H3,15,16,17,18). The molecule has 19 heavy (non-hydrogen) atoms. The van der Waals surface area contributed by atoms with Gasteiger partial charge in [0.15, 0.2) is 5.82 Å². The molecule has 0 spiro atoms. The van der Waals surface area contributed by atoms with Crippen molar-refractivity contribution < 1.29 is 4.74 Å². The highest BCUT2D eigenvalue weighted by Crippen LogP contribution is 2.30. The highest BCUT2D eigenvalue weighted by atomic mass is 16.5. The third-order valence-electron chi connectivity index (χ3n) is 3.60. The SMILES string of the molecule is CCOCc1nc(N)cc(NCC2CCC(C)C2)n1. The molecule has 1 aliphatic carbocycles. The summed E-state index contributed by atoms with van der Waals surface area (Å²) in [6, 6.07) is 1.79. The van der Waals surface area contributed by atoms with Crippen molar-refractivity contribution in [2.75, 3.05) is 24.2 Å². The summed E-state index contributed by atoms with van der Waals surface area (Å²) in [6.07, 6.45) is 3.95. The fraction of sp³-hybridized carbons (Fsp3) is 0.714. The molecule has 2 unspecified atom stereocenters. The van der Waals surface area contributed by atoms with Gasteiger partial charge in [0.25, 0.3) is 0 Å². The molecule has 0 aliphatic heterocycles. The van der Waals surface area contributed by atoms with Gasteiger partial charge in [0.2, 0.25) is 0 Å². The van der Waals surface area contributed by atoms with Gasteiger partial charge in [0.1, 0.15) is 18.2 Å². The lowest BCUT2D eigenvalue weighted by Crippen LogP contribution is -2.14. The van der Waals surface area contributed by atoms with E-state index in [2.05, 4.69) is 22.2 Å². The normalized spacial score (nSPS) is 22.6. The minimum atomic E-state index is 0.413. The second kappa shape index (κ2) is 6.70. The van der Waals surface area contributed by atoms with Crippen molar-refractivity contribution in [2.24, 2.45) is 11.8 Å². The van der Waals surface area contributed by atoms with Crippen molar-refractivity contribution in [3.63, 3.8) is 0 Å². The van der Waals surface area contributed by atoms with Crippen molar-refractivity contribution in [2.45, 2.75) is 39.7 Å². The first kappa shape index (κ1) is 14.1. The van der Waals surface area contributed by atoms with E-state index in [-0.39, 0.29) is 0 Å². The number of nitrogen functional groups attached to an aromatic ring is 1. The Balaban J connectivity index is 1.90. The van der Waals surface area contributed by atoms with Crippen LogP contribution in [0.2, 0.25) is 0 Å². The van der Waals surface area contributed by atoms with E-state index in [1.54, 1.807) is 6.07 Å². The topological polar surface area (TPSA) is 73.1 Å². The summed E-state index contributed by atoms with van der Waals surface area (Å²) in [7, 11) is 0. The number of nitrogens with one attached hydrogen (secondary N) is 1. The van der Waals surface area contributed by atoms with Gasteiger partial charge in [-0.1, -0.05) is 13.3 Å². The molecule has 3 N–H and O–H groups in total. The first-order valence-corrected chi connectivity index (χ1v) is 7.12. The molecule has 5 nitrogen and oxygen atoms in total. The Morgan fingerprint density at radius 3 is 2.95 bits per heavy atom. The van der Waals surface area contributed by atoms with Gasteiger partial charge in [-0.2, -0.15) is 0 Å². The van der Waals surface area contributed by atoms with Crippen LogP contribution in [0.1, 0.15) is 38.9 Å². The van der Waals surface area contributed by atoms with Gasteiger partial charge < -0.3 is 15.8 Å². The molecule has 0 aromatic carbocycles. The van der Waals surface area contributed by atoms with Gasteiger partial charge in [-0.25, -0.2) is 9.97 Å². The summed E-state index contributed by atoms with van der Waals surface area (Å²) >= 11 is 0.